The van der Waals surface area contributed by atoms with Crippen molar-refractivity contribution in [3.8, 4) is 5.75 Å². The fourth-order valence-corrected chi connectivity index (χ4v) is 4.56. The molecule has 2 fully saturated rings. The lowest BCUT2D eigenvalue weighted by Gasteiger charge is -2.30. The van der Waals surface area contributed by atoms with Gasteiger partial charge < -0.3 is 29.5 Å². The zero-order valence-electron chi connectivity index (χ0n) is 18.2. The highest BCUT2D eigenvalue weighted by Crippen LogP contribution is 2.40. The maximum Gasteiger partial charge on any atom is 0.303 e. The lowest BCUT2D eigenvalue weighted by Crippen LogP contribution is -2.38. The van der Waals surface area contributed by atoms with E-state index in [2.05, 4.69) is 0 Å². The van der Waals surface area contributed by atoms with Crippen LogP contribution in [-0.2, 0) is 14.3 Å². The Labute approximate surface area is 187 Å². The second-order valence-electron chi connectivity index (χ2n) is 8.58. The summed E-state index contributed by atoms with van der Waals surface area (Å²) in [4.78, 5) is 10.6. The topological polar surface area (TPSA) is 105 Å². The van der Waals surface area contributed by atoms with Crippen molar-refractivity contribution in [3.05, 3.63) is 42.2 Å². The van der Waals surface area contributed by atoms with Gasteiger partial charge in [0, 0.05) is 12.8 Å². The maximum atomic E-state index is 13.1. The van der Waals surface area contributed by atoms with Crippen LogP contribution < -0.4 is 4.74 Å². The molecule has 4 atom stereocenters. The summed E-state index contributed by atoms with van der Waals surface area (Å²) in [6, 6.07) is 5.75. The molecule has 1 aromatic rings. The number of halogens is 1. The number of benzene rings is 1. The van der Waals surface area contributed by atoms with E-state index in [9.17, 15) is 19.4 Å². The van der Waals surface area contributed by atoms with E-state index in [-0.39, 0.29) is 30.7 Å². The zero-order valence-corrected chi connectivity index (χ0v) is 18.2. The van der Waals surface area contributed by atoms with Crippen LogP contribution in [0.1, 0.15) is 44.9 Å². The maximum absolute atomic E-state index is 13.1. The Morgan fingerprint density at radius 2 is 1.81 bits per heavy atom. The van der Waals surface area contributed by atoms with Crippen LogP contribution >= 0.6 is 0 Å². The third-order valence-corrected chi connectivity index (χ3v) is 6.30. The molecular weight excluding hydrogens is 419 g/mol. The molecule has 32 heavy (non-hydrogen) atoms. The van der Waals surface area contributed by atoms with Crippen molar-refractivity contribution in [3.63, 3.8) is 0 Å². The molecule has 2 aliphatic rings. The molecule has 0 unspecified atom stereocenters. The standard InChI is InChI=1S/C24H33FO7/c25-17-7-9-18(10-8-17)30-16-24(31-13-14-32-24)12-11-20-19(21(26)15-22(20)27)5-3-1-2-4-6-23(28)29/h1,3,7-10,19-22,26-27H,2,4-6,11-16H2,(H,28,29)/b3-1-/t19-,20-,21-,22-/m1/s1. The van der Waals surface area contributed by atoms with Gasteiger partial charge in [-0.05, 0) is 68.2 Å². The number of unbranched alkanes of at least 4 members (excludes halogenated alkanes) is 1. The number of ether oxygens (including phenoxy) is 3. The molecule has 0 bridgehead atoms. The first-order chi connectivity index (χ1) is 15.4. The Balaban J connectivity index is 1.53. The van der Waals surface area contributed by atoms with Gasteiger partial charge in [0.2, 0.25) is 5.79 Å². The average molecular weight is 453 g/mol. The number of aliphatic hydroxyl groups excluding tert-OH is 2. The van der Waals surface area contributed by atoms with Crippen LogP contribution in [0.4, 0.5) is 4.39 Å². The van der Waals surface area contributed by atoms with Crippen molar-refractivity contribution in [2.24, 2.45) is 11.8 Å². The fraction of sp³-hybridized carbons (Fsp3) is 0.625. The first-order valence-electron chi connectivity index (χ1n) is 11.3. The molecule has 1 aromatic carbocycles. The quantitative estimate of drug-likeness (QED) is 0.330. The highest BCUT2D eigenvalue weighted by molar-refractivity contribution is 5.66. The summed E-state index contributed by atoms with van der Waals surface area (Å²) < 4.78 is 30.6. The minimum atomic E-state index is -0.932. The number of carboxylic acid groups (broad SMARTS) is 1. The van der Waals surface area contributed by atoms with E-state index < -0.39 is 24.0 Å². The van der Waals surface area contributed by atoms with Crippen molar-refractivity contribution < 1.29 is 38.7 Å². The van der Waals surface area contributed by atoms with Gasteiger partial charge in [-0.1, -0.05) is 12.2 Å². The molecule has 1 aliphatic heterocycles. The predicted octanol–water partition coefficient (Wildman–Crippen LogP) is 3.29. The minimum Gasteiger partial charge on any atom is -0.488 e. The van der Waals surface area contributed by atoms with Gasteiger partial charge in [0.15, 0.2) is 0 Å². The van der Waals surface area contributed by atoms with Crippen LogP contribution in [0.15, 0.2) is 36.4 Å². The molecule has 0 radical (unpaired) electrons. The second-order valence-corrected chi connectivity index (χ2v) is 8.58. The van der Waals surface area contributed by atoms with E-state index in [0.29, 0.717) is 57.5 Å². The summed E-state index contributed by atoms with van der Waals surface area (Å²) in [6.07, 6.45) is 6.17. The number of rotatable bonds is 12. The Kier molecular flexibility index (Phi) is 9.04. The summed E-state index contributed by atoms with van der Waals surface area (Å²) >= 11 is 0. The molecule has 0 aromatic heterocycles. The van der Waals surface area contributed by atoms with E-state index in [1.807, 2.05) is 12.2 Å². The molecule has 0 amide bonds. The Hall–Kier alpha value is -2.00. The normalized spacial score (nSPS) is 27.2. The van der Waals surface area contributed by atoms with Crippen LogP contribution in [0.5, 0.6) is 5.75 Å². The number of hydrogen-bond donors (Lipinski definition) is 3. The highest BCUT2D eigenvalue weighted by Gasteiger charge is 2.44. The minimum absolute atomic E-state index is 0.0859. The first-order valence-corrected chi connectivity index (χ1v) is 11.3. The van der Waals surface area contributed by atoms with E-state index in [1.165, 1.54) is 12.1 Å². The van der Waals surface area contributed by atoms with Gasteiger partial charge >= 0.3 is 5.97 Å². The molecular formula is C24H33FO7. The number of carbonyl (C=O) groups is 1. The molecule has 1 saturated heterocycles. The van der Waals surface area contributed by atoms with Crippen molar-refractivity contribution in [1.29, 1.82) is 0 Å². The monoisotopic (exact) mass is 452 g/mol. The molecule has 7 nitrogen and oxygen atoms in total. The number of hydrogen-bond acceptors (Lipinski definition) is 6. The molecule has 1 heterocycles. The van der Waals surface area contributed by atoms with Crippen LogP contribution in [0, 0.1) is 17.7 Å². The zero-order chi connectivity index (χ0) is 23.0. The number of carboxylic acids is 1. The number of aliphatic carboxylic acids is 1. The van der Waals surface area contributed by atoms with Gasteiger partial charge in [0.25, 0.3) is 0 Å². The van der Waals surface area contributed by atoms with Gasteiger partial charge in [-0.15, -0.1) is 0 Å². The van der Waals surface area contributed by atoms with E-state index >= 15 is 0 Å². The van der Waals surface area contributed by atoms with E-state index in [0.717, 1.165) is 0 Å². The van der Waals surface area contributed by atoms with Crippen LogP contribution in [0.3, 0.4) is 0 Å². The van der Waals surface area contributed by atoms with Gasteiger partial charge in [0.1, 0.15) is 18.2 Å². The van der Waals surface area contributed by atoms with E-state index in [4.69, 9.17) is 19.3 Å². The molecule has 1 aliphatic carbocycles. The van der Waals surface area contributed by atoms with Crippen molar-refractivity contribution in [2.45, 2.75) is 62.9 Å². The third-order valence-electron chi connectivity index (χ3n) is 6.30. The molecule has 8 heteroatoms. The summed E-state index contributed by atoms with van der Waals surface area (Å²) in [5.41, 5.74) is 0. The third kappa shape index (κ3) is 7.00. The van der Waals surface area contributed by atoms with Gasteiger partial charge in [-0.2, -0.15) is 0 Å². The summed E-state index contributed by atoms with van der Waals surface area (Å²) in [5.74, 6) is -1.75. The second kappa shape index (κ2) is 11.7. The van der Waals surface area contributed by atoms with Crippen molar-refractivity contribution in [2.75, 3.05) is 19.8 Å². The van der Waals surface area contributed by atoms with Crippen LogP contribution in [-0.4, -0.2) is 59.1 Å². The Morgan fingerprint density at radius 1 is 1.12 bits per heavy atom. The van der Waals surface area contributed by atoms with Crippen LogP contribution in [0.25, 0.3) is 0 Å². The number of allylic oxidation sites excluding steroid dienone is 2. The van der Waals surface area contributed by atoms with Crippen molar-refractivity contribution in [1.82, 2.24) is 0 Å². The van der Waals surface area contributed by atoms with Crippen molar-refractivity contribution >= 4 is 5.97 Å². The largest absolute Gasteiger partial charge is 0.488 e. The Morgan fingerprint density at radius 3 is 2.50 bits per heavy atom. The van der Waals surface area contributed by atoms with E-state index in [1.54, 1.807) is 12.1 Å². The summed E-state index contributed by atoms with van der Waals surface area (Å²) in [7, 11) is 0. The van der Waals surface area contributed by atoms with Gasteiger partial charge in [-0.25, -0.2) is 4.39 Å². The lowest BCUT2D eigenvalue weighted by molar-refractivity contribution is -0.185. The Bertz CT molecular complexity index is 745. The van der Waals surface area contributed by atoms with Gasteiger partial charge in [0.05, 0.1) is 25.4 Å². The first kappa shape index (κ1) is 24.6. The molecule has 1 saturated carbocycles. The molecule has 178 valence electrons. The fourth-order valence-electron chi connectivity index (χ4n) is 4.56. The highest BCUT2D eigenvalue weighted by atomic mass is 19.1. The molecule has 3 rings (SSSR count). The lowest BCUT2D eigenvalue weighted by atomic mass is 9.85. The summed E-state index contributed by atoms with van der Waals surface area (Å²) in [5, 5.41) is 29.7. The number of aliphatic hydroxyl groups is 2. The summed E-state index contributed by atoms with van der Waals surface area (Å²) in [6.45, 7) is 1.05. The smallest absolute Gasteiger partial charge is 0.303 e. The average Bonchev–Trinajstić information content (AvgIpc) is 3.33. The molecule has 0 spiro atoms. The molecule has 3 N–H and O–H groups in total. The van der Waals surface area contributed by atoms with Gasteiger partial charge in [-0.3, -0.25) is 4.79 Å². The predicted molar refractivity (Wildman–Crippen MR) is 115 cm³/mol. The SMILES string of the molecule is O=C(O)CCC/C=C\C[C@@H]1[C@@H](CCC2(COc3ccc(F)cc3)OCCO2)[C@H](O)C[C@H]1O. The van der Waals surface area contributed by atoms with Crippen LogP contribution in [0.2, 0.25) is 0 Å².